The Morgan fingerprint density at radius 2 is 1.94 bits per heavy atom. The Balaban J connectivity index is 1.66. The molecular formula is C22H20BCl2N5O2. The monoisotopic (exact) mass is 467 g/mol. The summed E-state index contributed by atoms with van der Waals surface area (Å²) < 4.78 is 5.44. The van der Waals surface area contributed by atoms with Gasteiger partial charge in [-0.15, -0.1) is 0 Å². The van der Waals surface area contributed by atoms with Gasteiger partial charge in [0.1, 0.15) is 13.6 Å². The van der Waals surface area contributed by atoms with Gasteiger partial charge in [0.15, 0.2) is 0 Å². The number of carbonyl (C=O) groups excluding carboxylic acids is 1. The Hall–Kier alpha value is -3.20. The Morgan fingerprint density at radius 1 is 1.19 bits per heavy atom. The third-order valence-corrected chi connectivity index (χ3v) is 5.74. The number of ether oxygens (including phenoxy) is 1. The lowest BCUT2D eigenvalue weighted by Crippen LogP contribution is -2.14. The SMILES string of the molecule is Bc1ccc(NC(=O)c2cc3nc(Nc4c(Cl)ccc(CN)c4Cl)[nH]c3cc2OC)cc1. The zero-order valence-electron chi connectivity index (χ0n) is 17.4. The van der Waals surface area contributed by atoms with E-state index in [1.165, 1.54) is 7.11 Å². The second kappa shape index (κ2) is 9.12. The summed E-state index contributed by atoms with van der Waals surface area (Å²) in [5, 5.41) is 6.85. The molecule has 7 nitrogen and oxygen atoms in total. The van der Waals surface area contributed by atoms with Crippen molar-refractivity contribution in [2.45, 2.75) is 6.54 Å². The third-order valence-electron chi connectivity index (χ3n) is 4.99. The van der Waals surface area contributed by atoms with E-state index in [0.717, 1.165) is 11.0 Å². The maximum atomic E-state index is 12.9. The van der Waals surface area contributed by atoms with Crippen LogP contribution in [0.4, 0.5) is 17.3 Å². The molecule has 3 aromatic carbocycles. The molecule has 10 heteroatoms. The number of imidazole rings is 1. The summed E-state index contributed by atoms with van der Waals surface area (Å²) in [7, 11) is 3.50. The first kappa shape index (κ1) is 22.0. The highest BCUT2D eigenvalue weighted by Gasteiger charge is 2.17. The summed E-state index contributed by atoms with van der Waals surface area (Å²) in [4.78, 5) is 20.6. The number of H-pyrrole nitrogens is 1. The van der Waals surface area contributed by atoms with Gasteiger partial charge in [0.05, 0.1) is 39.4 Å². The fraction of sp³-hybridized carbons (Fsp3) is 0.0909. The molecule has 1 aromatic heterocycles. The fourth-order valence-electron chi connectivity index (χ4n) is 3.26. The quantitative estimate of drug-likeness (QED) is 0.324. The maximum Gasteiger partial charge on any atom is 0.259 e. The first-order valence-corrected chi connectivity index (χ1v) is 10.5. The van der Waals surface area contributed by atoms with Crippen LogP contribution in [-0.2, 0) is 6.54 Å². The number of nitrogens with two attached hydrogens (primary N) is 1. The van der Waals surface area contributed by atoms with Crippen molar-refractivity contribution in [3.05, 3.63) is 69.7 Å². The van der Waals surface area contributed by atoms with Crippen molar-refractivity contribution in [2.75, 3.05) is 17.7 Å². The minimum atomic E-state index is -0.299. The van der Waals surface area contributed by atoms with Crippen molar-refractivity contribution in [2.24, 2.45) is 5.73 Å². The van der Waals surface area contributed by atoms with Gasteiger partial charge in [0, 0.05) is 18.3 Å². The van der Waals surface area contributed by atoms with E-state index in [1.54, 1.807) is 24.3 Å². The van der Waals surface area contributed by atoms with Crippen LogP contribution in [0.3, 0.4) is 0 Å². The number of nitrogens with zero attached hydrogens (tertiary/aromatic N) is 1. The number of benzene rings is 3. The van der Waals surface area contributed by atoms with E-state index >= 15 is 0 Å². The molecule has 32 heavy (non-hydrogen) atoms. The minimum Gasteiger partial charge on any atom is -0.496 e. The number of halogens is 2. The molecule has 0 unspecified atom stereocenters. The van der Waals surface area contributed by atoms with Crippen molar-refractivity contribution in [3.8, 4) is 5.75 Å². The van der Waals surface area contributed by atoms with Gasteiger partial charge in [0.25, 0.3) is 5.91 Å². The number of amides is 1. The fourth-order valence-corrected chi connectivity index (χ4v) is 3.81. The number of hydrogen-bond acceptors (Lipinski definition) is 5. The van der Waals surface area contributed by atoms with Crippen LogP contribution in [0.25, 0.3) is 11.0 Å². The molecular weight excluding hydrogens is 448 g/mol. The second-order valence-corrected chi connectivity index (χ2v) is 7.98. The van der Waals surface area contributed by atoms with Crippen LogP contribution in [0, 0.1) is 0 Å². The van der Waals surface area contributed by atoms with Gasteiger partial charge < -0.3 is 26.1 Å². The van der Waals surface area contributed by atoms with Gasteiger partial charge in [0.2, 0.25) is 5.95 Å². The summed E-state index contributed by atoms with van der Waals surface area (Å²) in [6.45, 7) is 0.279. The van der Waals surface area contributed by atoms with Crippen molar-refractivity contribution >= 4 is 70.8 Å². The average molecular weight is 468 g/mol. The second-order valence-electron chi connectivity index (χ2n) is 7.20. The summed E-state index contributed by atoms with van der Waals surface area (Å²) >= 11 is 12.7. The van der Waals surface area contributed by atoms with E-state index in [-0.39, 0.29) is 12.5 Å². The lowest BCUT2D eigenvalue weighted by atomic mass is 9.96. The summed E-state index contributed by atoms with van der Waals surface area (Å²) in [6, 6.07) is 14.4. The molecule has 1 amide bonds. The topological polar surface area (TPSA) is 105 Å². The predicted molar refractivity (Wildman–Crippen MR) is 133 cm³/mol. The zero-order valence-corrected chi connectivity index (χ0v) is 18.9. The molecule has 0 fully saturated rings. The molecule has 0 saturated carbocycles. The van der Waals surface area contributed by atoms with Crippen LogP contribution < -0.4 is 26.6 Å². The number of fused-ring (bicyclic) bond motifs is 1. The molecule has 0 spiro atoms. The van der Waals surface area contributed by atoms with Gasteiger partial charge >= 0.3 is 0 Å². The van der Waals surface area contributed by atoms with Gasteiger partial charge in [-0.2, -0.15) is 0 Å². The normalized spacial score (nSPS) is 10.9. The molecule has 0 radical (unpaired) electrons. The highest BCUT2D eigenvalue weighted by molar-refractivity contribution is 6.39. The number of methoxy groups -OCH3 is 1. The average Bonchev–Trinajstić information content (AvgIpc) is 3.18. The molecule has 0 atom stereocenters. The molecule has 0 bridgehead atoms. The standard InChI is InChI=1S/C22H20BCl2N5O2/c1-32-18-9-17-16(8-14(18)21(31)27-13-5-3-12(23)4-6-13)28-22(29-17)30-20-15(24)7-2-11(10-26)19(20)25/h2-9H,10,23,26H2,1H3,(H,27,31)(H2,28,29,30). The van der Waals surface area contributed by atoms with Crippen molar-refractivity contribution in [1.82, 2.24) is 9.97 Å². The van der Waals surface area contributed by atoms with Crippen LogP contribution in [-0.4, -0.2) is 30.8 Å². The maximum absolute atomic E-state index is 12.9. The molecule has 0 saturated heterocycles. The van der Waals surface area contributed by atoms with Crippen molar-refractivity contribution in [3.63, 3.8) is 0 Å². The molecule has 4 rings (SSSR count). The molecule has 0 aliphatic heterocycles. The van der Waals surface area contributed by atoms with Crippen LogP contribution in [0.5, 0.6) is 5.75 Å². The number of rotatable bonds is 6. The van der Waals surface area contributed by atoms with Crippen LogP contribution in [0.2, 0.25) is 10.0 Å². The predicted octanol–water partition coefficient (Wildman–Crippen LogP) is 3.59. The smallest absolute Gasteiger partial charge is 0.259 e. The van der Waals surface area contributed by atoms with Gasteiger partial charge in [-0.1, -0.05) is 46.9 Å². The number of aromatic amines is 1. The largest absolute Gasteiger partial charge is 0.496 e. The third kappa shape index (κ3) is 4.38. The zero-order chi connectivity index (χ0) is 22.8. The van der Waals surface area contributed by atoms with E-state index in [0.29, 0.717) is 49.7 Å². The number of carbonyl (C=O) groups is 1. The lowest BCUT2D eigenvalue weighted by molar-refractivity contribution is 0.102. The van der Waals surface area contributed by atoms with E-state index in [4.69, 9.17) is 33.7 Å². The number of hydrogen-bond donors (Lipinski definition) is 4. The molecule has 5 N–H and O–H groups in total. The van der Waals surface area contributed by atoms with E-state index in [2.05, 4.69) is 20.6 Å². The van der Waals surface area contributed by atoms with Crippen LogP contribution in [0.15, 0.2) is 48.5 Å². The van der Waals surface area contributed by atoms with Gasteiger partial charge in [-0.25, -0.2) is 4.98 Å². The Kier molecular flexibility index (Phi) is 6.27. The Labute approximate surface area is 195 Å². The highest BCUT2D eigenvalue weighted by Crippen LogP contribution is 2.35. The van der Waals surface area contributed by atoms with Gasteiger partial charge in [-0.05, 0) is 29.8 Å². The first-order chi connectivity index (χ1) is 15.4. The molecule has 4 aromatic rings. The van der Waals surface area contributed by atoms with Crippen LogP contribution >= 0.6 is 23.2 Å². The highest BCUT2D eigenvalue weighted by atomic mass is 35.5. The number of anilines is 3. The van der Waals surface area contributed by atoms with Gasteiger partial charge in [-0.3, -0.25) is 4.79 Å². The van der Waals surface area contributed by atoms with Crippen LogP contribution in [0.1, 0.15) is 15.9 Å². The van der Waals surface area contributed by atoms with Crippen molar-refractivity contribution < 1.29 is 9.53 Å². The molecule has 0 aliphatic carbocycles. The summed E-state index contributed by atoms with van der Waals surface area (Å²) in [5.41, 5.74) is 10.4. The van der Waals surface area contributed by atoms with E-state index < -0.39 is 0 Å². The summed E-state index contributed by atoms with van der Waals surface area (Å²) in [5.74, 6) is 0.529. The lowest BCUT2D eigenvalue weighted by Gasteiger charge is -2.11. The molecule has 0 aliphatic rings. The molecule has 1 heterocycles. The van der Waals surface area contributed by atoms with E-state index in [9.17, 15) is 4.79 Å². The van der Waals surface area contributed by atoms with E-state index in [1.807, 2.05) is 32.1 Å². The number of nitrogens with one attached hydrogen (secondary N) is 3. The molecule has 162 valence electrons. The Bertz CT molecular complexity index is 1310. The number of aromatic nitrogens is 2. The minimum absolute atomic E-state index is 0.279. The van der Waals surface area contributed by atoms with Crippen molar-refractivity contribution in [1.29, 1.82) is 0 Å². The summed E-state index contributed by atoms with van der Waals surface area (Å²) in [6.07, 6.45) is 0. The Morgan fingerprint density at radius 3 is 2.62 bits per heavy atom. The first-order valence-electron chi connectivity index (χ1n) is 9.79.